The van der Waals surface area contributed by atoms with Crippen LogP contribution in [0.1, 0.15) is 12.1 Å². The van der Waals surface area contributed by atoms with E-state index in [0.29, 0.717) is 0 Å². The van der Waals surface area contributed by atoms with Crippen LogP contribution in [-0.2, 0) is 11.2 Å². The Morgan fingerprint density at radius 2 is 2.33 bits per heavy atom. The van der Waals surface area contributed by atoms with Gasteiger partial charge in [-0.15, -0.1) is 11.3 Å². The first kappa shape index (κ1) is 18.8. The number of methoxy groups -OCH3 is 1. The second-order valence-corrected chi connectivity index (χ2v) is 7.12. The molecule has 130 valence electrons. The smallest absolute Gasteiger partial charge is 0.226 e. The minimum atomic E-state index is -0.193. The number of aromatic nitrogens is 1. The molecule has 2 rings (SSSR count). The summed E-state index contributed by atoms with van der Waals surface area (Å²) in [7, 11) is 1.63. The number of thioether (sulfide) groups is 1. The van der Waals surface area contributed by atoms with E-state index in [9.17, 15) is 9.90 Å². The highest BCUT2D eigenvalue weighted by Gasteiger charge is 2.13. The van der Waals surface area contributed by atoms with Crippen molar-refractivity contribution < 1.29 is 14.6 Å². The molecule has 0 spiro atoms. The lowest BCUT2D eigenvalue weighted by molar-refractivity contribution is -0.121. The normalized spacial score (nSPS) is 12.0. The van der Waals surface area contributed by atoms with Crippen LogP contribution in [0, 0.1) is 0 Å². The maximum atomic E-state index is 12.1. The highest BCUT2D eigenvalue weighted by molar-refractivity contribution is 7.98. The Kier molecular flexibility index (Phi) is 7.55. The molecule has 24 heavy (non-hydrogen) atoms. The third-order valence-corrected chi connectivity index (χ3v) is 5.05. The first-order valence-electron chi connectivity index (χ1n) is 7.64. The first-order chi connectivity index (χ1) is 11.7. The molecule has 1 aromatic heterocycles. The summed E-state index contributed by atoms with van der Waals surface area (Å²) < 4.78 is 5.22. The van der Waals surface area contributed by atoms with Crippen LogP contribution < -0.4 is 10.1 Å². The van der Waals surface area contributed by atoms with E-state index in [4.69, 9.17) is 4.74 Å². The van der Waals surface area contributed by atoms with E-state index in [1.54, 1.807) is 18.9 Å². The van der Waals surface area contributed by atoms with Gasteiger partial charge in [0.05, 0.1) is 31.9 Å². The molecule has 1 aromatic carbocycles. The van der Waals surface area contributed by atoms with Gasteiger partial charge in [0.15, 0.2) is 0 Å². The third-order valence-electron chi connectivity index (χ3n) is 3.47. The van der Waals surface area contributed by atoms with Crippen LogP contribution >= 0.6 is 23.1 Å². The molecule has 7 heteroatoms. The molecule has 0 fully saturated rings. The predicted molar refractivity (Wildman–Crippen MR) is 99.8 cm³/mol. The van der Waals surface area contributed by atoms with Crippen LogP contribution in [0.25, 0.3) is 10.6 Å². The maximum Gasteiger partial charge on any atom is 0.226 e. The zero-order valence-corrected chi connectivity index (χ0v) is 15.5. The zero-order chi connectivity index (χ0) is 17.4. The lowest BCUT2D eigenvalue weighted by Crippen LogP contribution is -2.38. The number of aliphatic hydroxyl groups excluding tert-OH is 1. The summed E-state index contributed by atoms with van der Waals surface area (Å²) in [5, 5.41) is 14.9. The number of rotatable bonds is 9. The molecular weight excluding hydrogens is 344 g/mol. The molecule has 1 atom stereocenters. The van der Waals surface area contributed by atoms with Gasteiger partial charge in [-0.3, -0.25) is 4.79 Å². The van der Waals surface area contributed by atoms with Crippen LogP contribution in [-0.4, -0.2) is 47.8 Å². The average molecular weight is 367 g/mol. The summed E-state index contributed by atoms with van der Waals surface area (Å²) in [6.45, 7) is -0.0432. The maximum absolute atomic E-state index is 12.1. The summed E-state index contributed by atoms with van der Waals surface area (Å²) in [5.74, 6) is 1.57. The Balaban J connectivity index is 1.96. The molecule has 0 aliphatic carbocycles. The largest absolute Gasteiger partial charge is 0.497 e. The Morgan fingerprint density at radius 3 is 3.04 bits per heavy atom. The quantitative estimate of drug-likeness (QED) is 0.714. The summed E-state index contributed by atoms with van der Waals surface area (Å²) in [6.07, 6.45) is 2.98. The van der Waals surface area contributed by atoms with Gasteiger partial charge in [-0.1, -0.05) is 12.1 Å². The highest BCUT2D eigenvalue weighted by Crippen LogP contribution is 2.26. The molecule has 0 saturated heterocycles. The van der Waals surface area contributed by atoms with Gasteiger partial charge in [0.2, 0.25) is 5.91 Å². The van der Waals surface area contributed by atoms with Crippen LogP contribution in [0.5, 0.6) is 5.75 Å². The summed E-state index contributed by atoms with van der Waals surface area (Å²) in [4.78, 5) is 16.6. The van der Waals surface area contributed by atoms with Crippen molar-refractivity contribution in [2.45, 2.75) is 18.9 Å². The van der Waals surface area contributed by atoms with Crippen LogP contribution in [0.4, 0.5) is 0 Å². The Bertz CT molecular complexity index is 661. The van der Waals surface area contributed by atoms with Crippen molar-refractivity contribution in [1.82, 2.24) is 10.3 Å². The van der Waals surface area contributed by atoms with E-state index in [1.807, 2.05) is 35.9 Å². The van der Waals surface area contributed by atoms with E-state index >= 15 is 0 Å². The van der Waals surface area contributed by atoms with Crippen molar-refractivity contribution >= 4 is 29.0 Å². The Labute approximate surface area is 150 Å². The first-order valence-corrected chi connectivity index (χ1v) is 9.91. The van der Waals surface area contributed by atoms with Crippen molar-refractivity contribution in [3.8, 4) is 16.3 Å². The number of hydrogen-bond acceptors (Lipinski definition) is 6. The van der Waals surface area contributed by atoms with Gasteiger partial charge in [0.25, 0.3) is 0 Å². The van der Waals surface area contributed by atoms with Crippen LogP contribution in [0.3, 0.4) is 0 Å². The number of carbonyl (C=O) groups is 1. The molecule has 2 aromatic rings. The SMILES string of the molecule is COc1cccc(-c2nc(CC(=O)NC(CO)CCSC)cs2)c1. The van der Waals surface area contributed by atoms with Crippen molar-refractivity contribution in [3.63, 3.8) is 0 Å². The molecule has 0 radical (unpaired) electrons. The lowest BCUT2D eigenvalue weighted by atomic mass is 10.2. The second-order valence-electron chi connectivity index (χ2n) is 5.28. The molecule has 0 saturated carbocycles. The number of carbonyl (C=O) groups excluding carboxylic acids is 1. The Hall–Kier alpha value is -1.57. The van der Waals surface area contributed by atoms with Gasteiger partial charge in [-0.05, 0) is 30.6 Å². The predicted octanol–water partition coefficient (Wildman–Crippen LogP) is 2.59. The fourth-order valence-electron chi connectivity index (χ4n) is 2.19. The van der Waals surface area contributed by atoms with Crippen molar-refractivity contribution in [1.29, 1.82) is 0 Å². The third kappa shape index (κ3) is 5.51. The molecular formula is C17H22N2O3S2. The topological polar surface area (TPSA) is 71.5 Å². The van der Waals surface area contributed by atoms with Gasteiger partial charge in [0.1, 0.15) is 10.8 Å². The van der Waals surface area contributed by atoms with Crippen molar-refractivity contribution in [2.75, 3.05) is 25.7 Å². The van der Waals surface area contributed by atoms with Crippen molar-refractivity contribution in [2.24, 2.45) is 0 Å². The minimum Gasteiger partial charge on any atom is -0.497 e. The number of benzene rings is 1. The van der Waals surface area contributed by atoms with E-state index < -0.39 is 0 Å². The standard InChI is InChI=1S/C17H22N2O3S2/c1-22-15-5-3-4-12(8-15)17-19-14(11-24-17)9-16(21)18-13(10-20)6-7-23-2/h3-5,8,11,13,20H,6-7,9-10H2,1-2H3,(H,18,21). The van der Waals surface area contributed by atoms with E-state index in [2.05, 4.69) is 10.3 Å². The number of ether oxygens (including phenoxy) is 1. The summed E-state index contributed by atoms with van der Waals surface area (Å²) >= 11 is 3.20. The lowest BCUT2D eigenvalue weighted by Gasteiger charge is -2.15. The average Bonchev–Trinajstić information content (AvgIpc) is 3.07. The molecule has 1 unspecified atom stereocenters. The van der Waals surface area contributed by atoms with Gasteiger partial charge in [-0.25, -0.2) is 4.98 Å². The molecule has 0 aliphatic rings. The van der Waals surface area contributed by atoms with Gasteiger partial charge >= 0.3 is 0 Å². The molecule has 0 aliphatic heterocycles. The summed E-state index contributed by atoms with van der Waals surface area (Å²) in [6, 6.07) is 7.50. The van der Waals surface area contributed by atoms with E-state index in [-0.39, 0.29) is 25.0 Å². The monoisotopic (exact) mass is 366 g/mol. The minimum absolute atomic E-state index is 0.0432. The highest BCUT2D eigenvalue weighted by atomic mass is 32.2. The molecule has 5 nitrogen and oxygen atoms in total. The number of aliphatic hydroxyl groups is 1. The number of thiazole rings is 1. The van der Waals surface area contributed by atoms with Gasteiger partial charge in [0, 0.05) is 10.9 Å². The fourth-order valence-corrected chi connectivity index (χ4v) is 3.53. The van der Waals surface area contributed by atoms with E-state index in [1.165, 1.54) is 11.3 Å². The zero-order valence-electron chi connectivity index (χ0n) is 13.8. The summed E-state index contributed by atoms with van der Waals surface area (Å²) in [5.41, 5.74) is 1.70. The molecule has 2 N–H and O–H groups in total. The van der Waals surface area contributed by atoms with Crippen LogP contribution in [0.2, 0.25) is 0 Å². The molecule has 1 heterocycles. The van der Waals surface area contributed by atoms with Crippen molar-refractivity contribution in [3.05, 3.63) is 35.3 Å². The number of hydrogen-bond donors (Lipinski definition) is 2. The molecule has 1 amide bonds. The number of amides is 1. The fraction of sp³-hybridized carbons (Fsp3) is 0.412. The number of nitrogens with zero attached hydrogens (tertiary/aromatic N) is 1. The van der Waals surface area contributed by atoms with Gasteiger partial charge < -0.3 is 15.2 Å². The second kappa shape index (κ2) is 9.66. The van der Waals surface area contributed by atoms with Gasteiger partial charge in [-0.2, -0.15) is 11.8 Å². The number of nitrogens with one attached hydrogen (secondary N) is 1. The van der Waals surface area contributed by atoms with E-state index in [0.717, 1.165) is 34.2 Å². The molecule has 0 bridgehead atoms. The van der Waals surface area contributed by atoms with Crippen LogP contribution in [0.15, 0.2) is 29.6 Å². The Morgan fingerprint density at radius 1 is 1.50 bits per heavy atom.